The Balaban J connectivity index is 1.77. The van der Waals surface area contributed by atoms with Crippen LogP contribution in [0.4, 0.5) is 5.69 Å². The lowest BCUT2D eigenvalue weighted by atomic mass is 10.2. The van der Waals surface area contributed by atoms with E-state index in [-0.39, 0.29) is 6.10 Å². The van der Waals surface area contributed by atoms with E-state index in [1.165, 1.54) is 18.7 Å². The Hall–Kier alpha value is -1.22. The van der Waals surface area contributed by atoms with Gasteiger partial charge in [0.05, 0.1) is 6.10 Å². The molecule has 0 aliphatic carbocycles. The number of hydrogen-bond acceptors (Lipinski definition) is 3. The van der Waals surface area contributed by atoms with Crippen LogP contribution in [0.15, 0.2) is 24.3 Å². The average molecular weight is 246 g/mol. The van der Waals surface area contributed by atoms with Crippen molar-refractivity contribution in [1.29, 1.82) is 0 Å². The molecule has 3 heteroatoms. The summed E-state index contributed by atoms with van der Waals surface area (Å²) in [4.78, 5) is 5.02. The van der Waals surface area contributed by atoms with Crippen LogP contribution in [-0.2, 0) is 0 Å². The summed E-state index contributed by atoms with van der Waals surface area (Å²) in [6.45, 7) is 6.49. The number of likely N-dealkylation sites (N-methyl/N-ethyl adjacent to an activating group) is 1. The first-order valence-corrected chi connectivity index (χ1v) is 6.87. The van der Waals surface area contributed by atoms with Crippen LogP contribution in [0.1, 0.15) is 20.3 Å². The van der Waals surface area contributed by atoms with E-state index < -0.39 is 0 Å². The number of likely N-dealkylation sites (tertiary alicyclic amines) is 1. The van der Waals surface area contributed by atoms with E-state index >= 15 is 0 Å². The highest BCUT2D eigenvalue weighted by Crippen LogP contribution is 2.34. The highest BCUT2D eigenvalue weighted by Gasteiger charge is 2.41. The molecule has 18 heavy (non-hydrogen) atoms. The summed E-state index contributed by atoms with van der Waals surface area (Å²) in [5.41, 5.74) is 1.31. The Labute approximate surface area is 109 Å². The minimum absolute atomic E-state index is 0.237. The highest BCUT2D eigenvalue weighted by atomic mass is 16.5. The first-order chi connectivity index (χ1) is 8.63. The van der Waals surface area contributed by atoms with Crippen molar-refractivity contribution < 1.29 is 4.74 Å². The number of rotatable bonds is 3. The van der Waals surface area contributed by atoms with Crippen LogP contribution in [0, 0.1) is 0 Å². The van der Waals surface area contributed by atoms with Crippen LogP contribution in [0.5, 0.6) is 5.75 Å². The molecule has 2 aliphatic rings. The zero-order valence-corrected chi connectivity index (χ0v) is 11.5. The fourth-order valence-electron chi connectivity index (χ4n) is 3.19. The van der Waals surface area contributed by atoms with Gasteiger partial charge >= 0.3 is 0 Å². The fraction of sp³-hybridized carbons (Fsp3) is 0.600. The van der Waals surface area contributed by atoms with Gasteiger partial charge in [-0.3, -0.25) is 4.90 Å². The maximum atomic E-state index is 5.78. The van der Waals surface area contributed by atoms with Crippen molar-refractivity contribution in [2.75, 3.05) is 25.0 Å². The molecule has 0 unspecified atom stereocenters. The first-order valence-electron chi connectivity index (χ1n) is 6.87. The zero-order chi connectivity index (χ0) is 12.7. The van der Waals surface area contributed by atoms with Crippen molar-refractivity contribution in [3.8, 4) is 5.75 Å². The van der Waals surface area contributed by atoms with Crippen molar-refractivity contribution >= 4 is 5.69 Å². The topological polar surface area (TPSA) is 15.7 Å². The number of hydrogen-bond donors (Lipinski definition) is 0. The lowest BCUT2D eigenvalue weighted by Crippen LogP contribution is -2.44. The number of ether oxygens (including phenoxy) is 1. The average Bonchev–Trinajstić information content (AvgIpc) is 2.87. The van der Waals surface area contributed by atoms with Gasteiger partial charge in [0, 0.05) is 36.9 Å². The second-order valence-electron chi connectivity index (χ2n) is 5.80. The maximum absolute atomic E-state index is 5.78. The zero-order valence-electron chi connectivity index (χ0n) is 11.5. The number of nitrogens with zero attached hydrogens (tertiary/aromatic N) is 2. The Morgan fingerprint density at radius 1 is 1.22 bits per heavy atom. The van der Waals surface area contributed by atoms with Gasteiger partial charge in [-0.15, -0.1) is 0 Å². The van der Waals surface area contributed by atoms with E-state index in [1.54, 1.807) is 0 Å². The van der Waals surface area contributed by atoms with Gasteiger partial charge in [0.25, 0.3) is 0 Å². The number of benzene rings is 1. The van der Waals surface area contributed by atoms with Crippen LogP contribution in [0.3, 0.4) is 0 Å². The van der Waals surface area contributed by atoms with E-state index in [9.17, 15) is 0 Å². The normalized spacial score (nSPS) is 27.2. The largest absolute Gasteiger partial charge is 0.491 e. The molecule has 0 radical (unpaired) electrons. The first kappa shape index (κ1) is 11.8. The van der Waals surface area contributed by atoms with Gasteiger partial charge < -0.3 is 9.64 Å². The molecule has 2 fully saturated rings. The summed E-state index contributed by atoms with van der Waals surface area (Å²) in [6.07, 6.45) is 1.55. The van der Waals surface area contributed by atoms with Gasteiger partial charge in [-0.1, -0.05) is 6.07 Å². The van der Waals surface area contributed by atoms with Crippen LogP contribution < -0.4 is 9.64 Å². The fourth-order valence-corrected chi connectivity index (χ4v) is 3.19. The third-order valence-corrected chi connectivity index (χ3v) is 4.04. The molecule has 2 heterocycles. The number of piperazine rings is 1. The molecule has 2 atom stereocenters. The SMILES string of the molecule is CC(C)Oc1cccc(N2C[C@@H]3C[C@H]2CN3C)c1. The second-order valence-corrected chi connectivity index (χ2v) is 5.80. The van der Waals surface area contributed by atoms with E-state index in [2.05, 4.69) is 48.9 Å². The molecule has 0 N–H and O–H groups in total. The van der Waals surface area contributed by atoms with Gasteiger partial charge in [-0.05, 0) is 39.4 Å². The third kappa shape index (κ3) is 2.07. The Kier molecular flexibility index (Phi) is 2.94. The molecule has 98 valence electrons. The Bertz CT molecular complexity index is 430. The monoisotopic (exact) mass is 246 g/mol. The van der Waals surface area contributed by atoms with Crippen LogP contribution in [0.2, 0.25) is 0 Å². The molecular formula is C15H22N2O. The van der Waals surface area contributed by atoms with Gasteiger partial charge in [-0.25, -0.2) is 0 Å². The summed E-state index contributed by atoms with van der Waals surface area (Å²) in [5.74, 6) is 0.985. The van der Waals surface area contributed by atoms with E-state index in [0.717, 1.165) is 18.3 Å². The molecule has 0 amide bonds. The summed E-state index contributed by atoms with van der Waals surface area (Å²) >= 11 is 0. The third-order valence-electron chi connectivity index (χ3n) is 4.04. The Morgan fingerprint density at radius 3 is 2.67 bits per heavy atom. The summed E-state index contributed by atoms with van der Waals surface area (Å²) in [6, 6.07) is 9.96. The standard InChI is InChI=1S/C15H22N2O/c1-11(2)18-15-6-4-5-12(8-15)17-10-13-7-14(17)9-16(13)3/h4-6,8,11,13-14H,7,9-10H2,1-3H3/t13-,14-/m0/s1. The molecule has 1 aromatic carbocycles. The minimum atomic E-state index is 0.237. The lowest BCUT2D eigenvalue weighted by Gasteiger charge is -2.33. The predicted molar refractivity (Wildman–Crippen MR) is 74.4 cm³/mol. The summed E-state index contributed by atoms with van der Waals surface area (Å²) in [7, 11) is 2.24. The van der Waals surface area contributed by atoms with Crippen LogP contribution in [0.25, 0.3) is 0 Å². The molecule has 2 saturated heterocycles. The quantitative estimate of drug-likeness (QED) is 0.814. The molecule has 2 aliphatic heterocycles. The van der Waals surface area contributed by atoms with Gasteiger partial charge in [0.15, 0.2) is 0 Å². The molecule has 3 nitrogen and oxygen atoms in total. The van der Waals surface area contributed by atoms with Crippen LogP contribution >= 0.6 is 0 Å². The van der Waals surface area contributed by atoms with Crippen LogP contribution in [-0.4, -0.2) is 43.2 Å². The molecule has 1 aromatic rings. The summed E-state index contributed by atoms with van der Waals surface area (Å²) < 4.78 is 5.78. The van der Waals surface area contributed by atoms with Crippen molar-refractivity contribution in [1.82, 2.24) is 4.90 Å². The maximum Gasteiger partial charge on any atom is 0.121 e. The van der Waals surface area contributed by atoms with E-state index in [1.807, 2.05) is 6.07 Å². The van der Waals surface area contributed by atoms with Gasteiger partial charge in [0.1, 0.15) is 5.75 Å². The van der Waals surface area contributed by atoms with Crippen molar-refractivity contribution in [3.63, 3.8) is 0 Å². The predicted octanol–water partition coefficient (Wildman–Crippen LogP) is 2.37. The molecule has 2 bridgehead atoms. The minimum Gasteiger partial charge on any atom is -0.491 e. The summed E-state index contributed by atoms with van der Waals surface area (Å²) in [5, 5.41) is 0. The van der Waals surface area contributed by atoms with E-state index in [0.29, 0.717) is 6.04 Å². The van der Waals surface area contributed by atoms with Crippen molar-refractivity contribution in [3.05, 3.63) is 24.3 Å². The smallest absolute Gasteiger partial charge is 0.121 e. The van der Waals surface area contributed by atoms with Crippen molar-refractivity contribution in [2.45, 2.75) is 38.5 Å². The lowest BCUT2D eigenvalue weighted by molar-refractivity contribution is 0.242. The number of anilines is 1. The molecule has 0 aromatic heterocycles. The highest BCUT2D eigenvalue weighted by molar-refractivity contribution is 5.53. The molecule has 3 rings (SSSR count). The van der Waals surface area contributed by atoms with Gasteiger partial charge in [-0.2, -0.15) is 0 Å². The molecule has 0 spiro atoms. The van der Waals surface area contributed by atoms with E-state index in [4.69, 9.17) is 4.74 Å². The Morgan fingerprint density at radius 2 is 2.06 bits per heavy atom. The molecular weight excluding hydrogens is 224 g/mol. The van der Waals surface area contributed by atoms with Gasteiger partial charge in [0.2, 0.25) is 0 Å². The molecule has 0 saturated carbocycles. The number of fused-ring (bicyclic) bond motifs is 2. The van der Waals surface area contributed by atoms with Crippen molar-refractivity contribution in [2.24, 2.45) is 0 Å². The second kappa shape index (κ2) is 4.47.